The first-order chi connectivity index (χ1) is 17.8. The molecule has 0 aliphatic carbocycles. The zero-order valence-corrected chi connectivity index (χ0v) is 23.6. The molecule has 0 saturated carbocycles. The fraction of sp³-hybridized carbons (Fsp3) is 0.464. The van der Waals surface area contributed by atoms with Crippen LogP contribution in [0.15, 0.2) is 54.2 Å². The number of carbonyl (C=O) groups excluding carboxylic acids is 2. The summed E-state index contributed by atoms with van der Waals surface area (Å²) in [4.78, 5) is 28.1. The molecule has 0 aliphatic rings. The van der Waals surface area contributed by atoms with Gasteiger partial charge in [-0.2, -0.15) is 0 Å². The number of hydrogen-bond donors (Lipinski definition) is 4. The van der Waals surface area contributed by atoms with Crippen LogP contribution in [-0.4, -0.2) is 39.2 Å². The van der Waals surface area contributed by atoms with Gasteiger partial charge in [0.2, 0.25) is 5.91 Å². The van der Waals surface area contributed by atoms with Crippen LogP contribution in [0.4, 0.5) is 5.13 Å². The van der Waals surface area contributed by atoms with E-state index in [-0.39, 0.29) is 24.5 Å². The Morgan fingerprint density at radius 2 is 1.81 bits per heavy atom. The smallest absolute Gasteiger partial charge is 0.253 e. The van der Waals surface area contributed by atoms with Gasteiger partial charge in [0, 0.05) is 23.3 Å². The van der Waals surface area contributed by atoms with E-state index >= 15 is 0 Å². The summed E-state index contributed by atoms with van der Waals surface area (Å²) in [7, 11) is 0. The van der Waals surface area contributed by atoms with Crippen LogP contribution in [0.5, 0.6) is 0 Å². The van der Waals surface area contributed by atoms with Crippen LogP contribution in [0.2, 0.25) is 0 Å². The molecule has 0 radical (unpaired) electrons. The van der Waals surface area contributed by atoms with Crippen molar-refractivity contribution in [1.82, 2.24) is 15.0 Å². The first-order valence-corrected chi connectivity index (χ1v) is 13.9. The predicted octanol–water partition coefficient (Wildman–Crippen LogP) is 5.69. The summed E-state index contributed by atoms with van der Waals surface area (Å²) in [6, 6.07) is 11.3. The van der Waals surface area contributed by atoms with E-state index in [1.807, 2.05) is 56.5 Å². The molecule has 8 nitrogen and oxygen atoms in total. The highest BCUT2D eigenvalue weighted by molar-refractivity contribution is 7.14. The number of aliphatic hydroxyl groups excluding tert-OH is 1. The number of hydrogen-bond acceptors (Lipinski definition) is 6. The molecule has 9 heteroatoms. The molecule has 37 heavy (non-hydrogen) atoms. The lowest BCUT2D eigenvalue weighted by Crippen LogP contribution is -2.32. The zero-order chi connectivity index (χ0) is 27.6. The van der Waals surface area contributed by atoms with E-state index in [1.54, 1.807) is 12.3 Å². The van der Waals surface area contributed by atoms with E-state index in [1.165, 1.54) is 41.5 Å². The fourth-order valence-corrected chi connectivity index (χ4v) is 3.89. The van der Waals surface area contributed by atoms with E-state index < -0.39 is 0 Å². The number of thiazole rings is 1. The highest BCUT2D eigenvalue weighted by Crippen LogP contribution is 2.24. The molecular weight excluding hydrogens is 486 g/mol. The summed E-state index contributed by atoms with van der Waals surface area (Å²) < 4.78 is 1.27. The number of nitrogen functional groups attached to an aromatic ring is 1. The molecular formula is C28H43N5O3S. The Morgan fingerprint density at radius 1 is 1.11 bits per heavy atom. The quantitative estimate of drug-likeness (QED) is 0.238. The number of aliphatic hydroxyl groups is 1. The van der Waals surface area contributed by atoms with Gasteiger partial charge in [0.25, 0.3) is 5.91 Å². The highest BCUT2D eigenvalue weighted by atomic mass is 32.1. The Balaban J connectivity index is 0.000000446. The van der Waals surface area contributed by atoms with Gasteiger partial charge in [0.15, 0.2) is 5.13 Å². The number of aromatic nitrogens is 2. The Hall–Kier alpha value is -3.17. The number of benzene rings is 1. The van der Waals surface area contributed by atoms with Gasteiger partial charge >= 0.3 is 0 Å². The SMILES string of the molecule is CC.CCC(C)CCCC(O)CC.Nn1ccc(C(=O)NCC(=O)Nc2nc(-c3ccccc3)cs2)c1. The second kappa shape index (κ2) is 18.1. The molecule has 0 saturated heterocycles. The van der Waals surface area contributed by atoms with Crippen LogP contribution in [0, 0.1) is 5.92 Å². The zero-order valence-electron chi connectivity index (χ0n) is 22.7. The van der Waals surface area contributed by atoms with Crippen molar-refractivity contribution in [2.75, 3.05) is 17.7 Å². The molecule has 0 spiro atoms. The number of nitrogens with zero attached hydrogens (tertiary/aromatic N) is 2. The highest BCUT2D eigenvalue weighted by Gasteiger charge is 2.11. The molecule has 3 rings (SSSR count). The Morgan fingerprint density at radius 3 is 2.41 bits per heavy atom. The van der Waals surface area contributed by atoms with Gasteiger partial charge in [0.1, 0.15) is 0 Å². The molecule has 2 aromatic heterocycles. The lowest BCUT2D eigenvalue weighted by molar-refractivity contribution is -0.115. The summed E-state index contributed by atoms with van der Waals surface area (Å²) in [5.41, 5.74) is 2.17. The average Bonchev–Trinajstić information content (AvgIpc) is 3.58. The first-order valence-electron chi connectivity index (χ1n) is 13.0. The molecule has 2 unspecified atom stereocenters. The number of anilines is 1. The maximum atomic E-state index is 11.9. The Kier molecular flexibility index (Phi) is 15.6. The van der Waals surface area contributed by atoms with E-state index in [0.717, 1.165) is 30.0 Å². The van der Waals surface area contributed by atoms with Crippen molar-refractivity contribution in [3.8, 4) is 11.3 Å². The van der Waals surface area contributed by atoms with Gasteiger partial charge < -0.3 is 21.6 Å². The van der Waals surface area contributed by atoms with Crippen molar-refractivity contribution in [2.45, 2.75) is 72.8 Å². The van der Waals surface area contributed by atoms with E-state index in [9.17, 15) is 14.7 Å². The van der Waals surface area contributed by atoms with Crippen LogP contribution in [0.1, 0.15) is 77.1 Å². The minimum Gasteiger partial charge on any atom is -0.393 e. The van der Waals surface area contributed by atoms with Crippen LogP contribution in [0.25, 0.3) is 11.3 Å². The second-order valence-corrected chi connectivity index (χ2v) is 9.35. The molecule has 0 aliphatic heterocycles. The van der Waals surface area contributed by atoms with Gasteiger partial charge in [-0.05, 0) is 24.8 Å². The lowest BCUT2D eigenvalue weighted by Gasteiger charge is -2.10. The summed E-state index contributed by atoms with van der Waals surface area (Å²) in [6.07, 6.45) is 8.58. The molecule has 204 valence electrons. The first kappa shape index (κ1) is 31.9. The Bertz CT molecular complexity index is 1030. The van der Waals surface area contributed by atoms with Crippen molar-refractivity contribution >= 4 is 28.3 Å². The topological polar surface area (TPSA) is 122 Å². The van der Waals surface area contributed by atoms with Crippen LogP contribution < -0.4 is 16.5 Å². The third kappa shape index (κ3) is 12.6. The molecule has 0 fully saturated rings. The largest absolute Gasteiger partial charge is 0.393 e. The van der Waals surface area contributed by atoms with Crippen molar-refractivity contribution in [1.29, 1.82) is 0 Å². The van der Waals surface area contributed by atoms with Gasteiger partial charge in [-0.25, -0.2) is 4.98 Å². The number of nitrogens with one attached hydrogen (secondary N) is 2. The maximum Gasteiger partial charge on any atom is 0.253 e. The van der Waals surface area contributed by atoms with E-state index in [2.05, 4.69) is 29.5 Å². The van der Waals surface area contributed by atoms with Crippen molar-refractivity contribution in [3.63, 3.8) is 0 Å². The summed E-state index contributed by atoms with van der Waals surface area (Å²) >= 11 is 1.33. The third-order valence-corrected chi connectivity index (χ3v) is 6.37. The molecule has 5 N–H and O–H groups in total. The molecule has 3 aromatic rings. The summed E-state index contributed by atoms with van der Waals surface area (Å²) in [5, 5.41) is 16.8. The van der Waals surface area contributed by atoms with Gasteiger partial charge in [0.05, 0.1) is 23.9 Å². The van der Waals surface area contributed by atoms with Gasteiger partial charge in [-0.3, -0.25) is 14.3 Å². The Labute approximate surface area is 225 Å². The maximum absolute atomic E-state index is 11.9. The van der Waals surface area contributed by atoms with Crippen LogP contribution in [0.3, 0.4) is 0 Å². The van der Waals surface area contributed by atoms with Gasteiger partial charge in [-0.15, -0.1) is 11.3 Å². The number of rotatable bonds is 11. The standard InChI is InChI=1S/C16H15N5O2S.C10H22O.C2H6/c17-21-7-6-12(9-21)15(23)18-8-14(22)20-16-19-13(10-24-16)11-4-2-1-3-5-11;1-4-9(3)7-6-8-10(11)5-2;1-2/h1-7,9-10H,8,17H2,(H,18,23)(H,19,20,22);9-11H,4-8H2,1-3H3;1-2H3. The predicted molar refractivity (Wildman–Crippen MR) is 154 cm³/mol. The molecule has 2 atom stereocenters. The number of nitrogens with two attached hydrogens (primary N) is 1. The summed E-state index contributed by atoms with van der Waals surface area (Å²) in [6.45, 7) is 10.4. The van der Waals surface area contributed by atoms with E-state index in [4.69, 9.17) is 5.84 Å². The van der Waals surface area contributed by atoms with Crippen LogP contribution in [-0.2, 0) is 4.79 Å². The fourth-order valence-electron chi connectivity index (χ4n) is 3.16. The molecule has 2 amide bonds. The van der Waals surface area contributed by atoms with Crippen molar-refractivity contribution in [3.05, 3.63) is 59.7 Å². The minimum atomic E-state index is -0.363. The minimum absolute atomic E-state index is 0.0564. The van der Waals surface area contributed by atoms with Crippen LogP contribution >= 0.6 is 11.3 Å². The summed E-state index contributed by atoms with van der Waals surface area (Å²) in [5.74, 6) is 5.60. The third-order valence-electron chi connectivity index (χ3n) is 5.61. The molecule has 2 heterocycles. The second-order valence-electron chi connectivity index (χ2n) is 8.49. The monoisotopic (exact) mass is 529 g/mol. The average molecular weight is 530 g/mol. The number of carbonyl (C=O) groups is 2. The normalized spacial score (nSPS) is 11.7. The lowest BCUT2D eigenvalue weighted by atomic mass is 10.00. The molecule has 1 aromatic carbocycles. The molecule has 0 bridgehead atoms. The van der Waals surface area contributed by atoms with Gasteiger partial charge in [-0.1, -0.05) is 84.2 Å². The van der Waals surface area contributed by atoms with Crippen molar-refractivity contribution in [2.24, 2.45) is 5.92 Å². The van der Waals surface area contributed by atoms with E-state index in [0.29, 0.717) is 10.7 Å². The number of amides is 2. The van der Waals surface area contributed by atoms with Crippen molar-refractivity contribution < 1.29 is 14.7 Å².